The third-order valence-corrected chi connectivity index (χ3v) is 20.9. The Morgan fingerprint density at radius 2 is 0.667 bits per heavy atom. The molecule has 0 bridgehead atoms. The van der Waals surface area contributed by atoms with E-state index in [2.05, 4.69) is 73.9 Å². The third kappa shape index (κ3) is 2.99. The van der Waals surface area contributed by atoms with Crippen molar-refractivity contribution in [3.8, 4) is 0 Å². The van der Waals surface area contributed by atoms with E-state index in [4.69, 9.17) is 0 Å². The van der Waals surface area contributed by atoms with Crippen molar-refractivity contribution >= 4 is 27.4 Å². The first-order valence-corrected chi connectivity index (χ1v) is 14.1. The lowest BCUT2D eigenvalue weighted by molar-refractivity contribution is 0.350. The van der Waals surface area contributed by atoms with Gasteiger partial charge < -0.3 is 12.7 Å². The Labute approximate surface area is 119 Å². The molecule has 0 aromatic heterocycles. The molecule has 0 aromatic carbocycles. The average molecular weight is 304 g/mol. The van der Waals surface area contributed by atoms with Crippen molar-refractivity contribution in [3.63, 3.8) is 0 Å². The Hall–Kier alpha value is 0.531. The summed E-state index contributed by atoms with van der Waals surface area (Å²) in [6.07, 6.45) is 0. The van der Waals surface area contributed by atoms with Gasteiger partial charge in [-0.1, -0.05) is 41.5 Å². The van der Waals surface area contributed by atoms with Crippen LogP contribution in [0.15, 0.2) is 0 Å². The van der Waals surface area contributed by atoms with Gasteiger partial charge >= 0.3 is 0 Å². The maximum Gasteiger partial charge on any atom is 0.175 e. The standard InChI is InChI=1S/C12H33N3Si3/c1-10(2)13-16(7)14(11(3)4)18(9)15(12(5)6)17(13)8/h10-12,16-18H,1-9H3. The van der Waals surface area contributed by atoms with Crippen LogP contribution in [-0.4, -0.2) is 58.2 Å². The molecule has 0 aromatic rings. The van der Waals surface area contributed by atoms with E-state index in [1.54, 1.807) is 0 Å². The molecule has 0 saturated carbocycles. The maximum absolute atomic E-state index is 2.94. The summed E-state index contributed by atoms with van der Waals surface area (Å²) in [5.74, 6) is 0. The molecule has 1 aliphatic heterocycles. The second kappa shape index (κ2) is 6.32. The summed E-state index contributed by atoms with van der Waals surface area (Å²) in [5.41, 5.74) is 0. The van der Waals surface area contributed by atoms with Crippen LogP contribution < -0.4 is 0 Å². The fraction of sp³-hybridized carbons (Fsp3) is 1.00. The molecule has 6 heteroatoms. The Bertz CT molecular complexity index is 218. The summed E-state index contributed by atoms with van der Waals surface area (Å²) in [6.45, 7) is 22.0. The van der Waals surface area contributed by atoms with Crippen molar-refractivity contribution < 1.29 is 0 Å². The zero-order valence-corrected chi connectivity index (χ0v) is 17.3. The zero-order chi connectivity index (χ0) is 14.2. The lowest BCUT2D eigenvalue weighted by Crippen LogP contribution is -2.78. The van der Waals surface area contributed by atoms with E-state index in [0.717, 1.165) is 18.1 Å². The van der Waals surface area contributed by atoms with Crippen LogP contribution in [0.4, 0.5) is 0 Å². The first-order chi connectivity index (χ1) is 8.20. The van der Waals surface area contributed by atoms with Crippen LogP contribution in [0.3, 0.4) is 0 Å². The van der Waals surface area contributed by atoms with Gasteiger partial charge in [-0.25, -0.2) is 0 Å². The quantitative estimate of drug-likeness (QED) is 0.735. The van der Waals surface area contributed by atoms with Crippen molar-refractivity contribution in [2.45, 2.75) is 79.3 Å². The van der Waals surface area contributed by atoms with Gasteiger partial charge in [0.1, 0.15) is 0 Å². The van der Waals surface area contributed by atoms with Gasteiger partial charge in [0.05, 0.1) is 0 Å². The van der Waals surface area contributed by atoms with Gasteiger partial charge in [0.25, 0.3) is 0 Å². The first kappa shape index (κ1) is 16.6. The predicted molar refractivity (Wildman–Crippen MR) is 90.0 cm³/mol. The molecule has 18 heavy (non-hydrogen) atoms. The van der Waals surface area contributed by atoms with Gasteiger partial charge in [0.15, 0.2) is 27.4 Å². The minimum atomic E-state index is -0.887. The molecule has 108 valence electrons. The van der Waals surface area contributed by atoms with E-state index >= 15 is 0 Å². The van der Waals surface area contributed by atoms with Crippen LogP contribution in [-0.2, 0) is 0 Å². The van der Waals surface area contributed by atoms with Crippen LogP contribution in [0.1, 0.15) is 41.5 Å². The molecule has 3 nitrogen and oxygen atoms in total. The molecule has 1 aliphatic rings. The maximum atomic E-state index is 2.94. The molecule has 1 heterocycles. The van der Waals surface area contributed by atoms with Crippen molar-refractivity contribution in [3.05, 3.63) is 0 Å². The van der Waals surface area contributed by atoms with E-state index in [9.17, 15) is 0 Å². The van der Waals surface area contributed by atoms with Crippen LogP contribution >= 0.6 is 0 Å². The Morgan fingerprint density at radius 1 is 0.500 bits per heavy atom. The summed E-state index contributed by atoms with van der Waals surface area (Å²) in [5, 5.41) is 0. The first-order valence-electron chi connectivity index (χ1n) is 7.52. The lowest BCUT2D eigenvalue weighted by atomic mass is 10.4. The topological polar surface area (TPSA) is 9.72 Å². The second-order valence-corrected chi connectivity index (χ2v) is 15.7. The molecule has 1 rings (SSSR count). The van der Waals surface area contributed by atoms with Crippen LogP contribution in [0.2, 0.25) is 19.6 Å². The predicted octanol–water partition coefficient (Wildman–Crippen LogP) is 1.68. The highest BCUT2D eigenvalue weighted by atomic mass is 28.4. The second-order valence-electron chi connectivity index (χ2n) is 6.52. The highest BCUT2D eigenvalue weighted by Crippen LogP contribution is 2.25. The molecule has 0 radical (unpaired) electrons. The van der Waals surface area contributed by atoms with Gasteiger partial charge in [-0.3, -0.25) is 0 Å². The van der Waals surface area contributed by atoms with Crippen LogP contribution in [0, 0.1) is 0 Å². The number of rotatable bonds is 3. The SMILES string of the molecule is CC(C)N1[SiH](C)N(C(C)C)[SiH](C)N(C(C)C)[SiH]1C. The van der Waals surface area contributed by atoms with Crippen LogP contribution in [0.25, 0.3) is 0 Å². The van der Waals surface area contributed by atoms with Gasteiger partial charge in [-0.15, -0.1) is 0 Å². The number of hydrogen-bond acceptors (Lipinski definition) is 3. The van der Waals surface area contributed by atoms with E-state index in [1.165, 1.54) is 0 Å². The highest BCUT2D eigenvalue weighted by Gasteiger charge is 2.45. The molecule has 0 unspecified atom stereocenters. The largest absolute Gasteiger partial charge is 0.325 e. The van der Waals surface area contributed by atoms with Gasteiger partial charge in [0, 0.05) is 0 Å². The van der Waals surface area contributed by atoms with E-state index in [0.29, 0.717) is 0 Å². The number of hydrogen-bond donors (Lipinski definition) is 0. The molecule has 0 atom stereocenters. The van der Waals surface area contributed by atoms with E-state index < -0.39 is 27.4 Å². The minimum Gasteiger partial charge on any atom is -0.325 e. The molecule has 0 amide bonds. The fourth-order valence-electron chi connectivity index (χ4n) is 3.99. The van der Waals surface area contributed by atoms with Crippen molar-refractivity contribution in [2.75, 3.05) is 0 Å². The van der Waals surface area contributed by atoms with Crippen molar-refractivity contribution in [2.24, 2.45) is 0 Å². The molecule has 1 saturated heterocycles. The van der Waals surface area contributed by atoms with Gasteiger partial charge in [-0.2, -0.15) is 0 Å². The molecule has 0 aliphatic carbocycles. The zero-order valence-electron chi connectivity index (χ0n) is 13.8. The molecular weight excluding hydrogens is 270 g/mol. The Kier molecular flexibility index (Phi) is 5.82. The average Bonchev–Trinajstić information content (AvgIpc) is 2.14. The Morgan fingerprint density at radius 3 is 0.778 bits per heavy atom. The molecule has 1 fully saturated rings. The van der Waals surface area contributed by atoms with Gasteiger partial charge in [0.2, 0.25) is 0 Å². The molecular formula is C12H33N3Si3. The summed E-state index contributed by atoms with van der Waals surface area (Å²) >= 11 is 0. The van der Waals surface area contributed by atoms with Crippen molar-refractivity contribution in [1.29, 1.82) is 0 Å². The molecule has 0 spiro atoms. The van der Waals surface area contributed by atoms with E-state index in [-0.39, 0.29) is 0 Å². The van der Waals surface area contributed by atoms with E-state index in [1.807, 2.05) is 0 Å². The summed E-state index contributed by atoms with van der Waals surface area (Å²) in [4.78, 5) is 0. The normalized spacial score (nSPS) is 33.0. The summed E-state index contributed by atoms with van der Waals surface area (Å²) in [6, 6.07) is 2.16. The summed E-state index contributed by atoms with van der Waals surface area (Å²) < 4.78 is 8.81. The minimum absolute atomic E-state index is 0.720. The Balaban J connectivity index is 3.10. The third-order valence-electron chi connectivity index (χ3n) is 4.38. The number of nitrogens with zero attached hydrogens (tertiary/aromatic N) is 3. The van der Waals surface area contributed by atoms with Crippen LogP contribution in [0.5, 0.6) is 0 Å². The monoisotopic (exact) mass is 303 g/mol. The smallest absolute Gasteiger partial charge is 0.175 e. The summed E-state index contributed by atoms with van der Waals surface area (Å²) in [7, 11) is -2.66. The van der Waals surface area contributed by atoms with Gasteiger partial charge in [-0.05, 0) is 37.8 Å². The highest BCUT2D eigenvalue weighted by molar-refractivity contribution is 6.85. The fourth-order valence-corrected chi connectivity index (χ4v) is 21.7. The van der Waals surface area contributed by atoms with Crippen molar-refractivity contribution in [1.82, 2.24) is 12.7 Å². The molecule has 0 N–H and O–H groups in total. The lowest BCUT2D eigenvalue weighted by Gasteiger charge is -2.58.